The maximum Gasteiger partial charge on any atom is 0.143 e. The second-order valence-electron chi connectivity index (χ2n) is 6.99. The molecule has 4 rings (SSSR count). The first-order chi connectivity index (χ1) is 13.1. The molecule has 0 amide bonds. The van der Waals surface area contributed by atoms with Gasteiger partial charge in [0.15, 0.2) is 0 Å². The lowest BCUT2D eigenvalue weighted by molar-refractivity contribution is 0.628. The van der Waals surface area contributed by atoms with Crippen molar-refractivity contribution in [2.24, 2.45) is 0 Å². The molecular formula is C25H20ClF. The van der Waals surface area contributed by atoms with E-state index in [4.69, 9.17) is 11.6 Å². The van der Waals surface area contributed by atoms with Crippen molar-refractivity contribution in [1.82, 2.24) is 0 Å². The highest BCUT2D eigenvalue weighted by Crippen LogP contribution is 2.34. The van der Waals surface area contributed by atoms with Crippen molar-refractivity contribution < 1.29 is 4.39 Å². The van der Waals surface area contributed by atoms with Gasteiger partial charge >= 0.3 is 0 Å². The third kappa shape index (κ3) is 3.77. The first-order valence-corrected chi connectivity index (χ1v) is 9.74. The van der Waals surface area contributed by atoms with E-state index in [0.29, 0.717) is 5.56 Å². The summed E-state index contributed by atoms with van der Waals surface area (Å²) >= 11 is 5.72. The lowest BCUT2D eigenvalue weighted by Crippen LogP contribution is -2.05. The second kappa shape index (κ2) is 7.59. The zero-order valence-corrected chi connectivity index (χ0v) is 16.0. The highest BCUT2D eigenvalue weighted by atomic mass is 35.5. The first-order valence-electron chi connectivity index (χ1n) is 9.36. The van der Waals surface area contributed by atoms with Gasteiger partial charge in [-0.1, -0.05) is 61.1 Å². The summed E-state index contributed by atoms with van der Waals surface area (Å²) in [4.78, 5) is 0. The topological polar surface area (TPSA) is 0 Å². The molecule has 0 nitrogen and oxygen atoms in total. The van der Waals surface area contributed by atoms with Gasteiger partial charge in [-0.2, -0.15) is 0 Å². The van der Waals surface area contributed by atoms with Crippen molar-refractivity contribution in [1.29, 1.82) is 0 Å². The SMILES string of the molecule is CCCc1ccc2c(c1)CCc1cc(C#Cc3ccc(Cl)c(F)c3)ccc1-2. The van der Waals surface area contributed by atoms with Crippen LogP contribution in [0.15, 0.2) is 54.6 Å². The molecule has 0 atom stereocenters. The Labute approximate surface area is 165 Å². The van der Waals surface area contributed by atoms with E-state index in [1.165, 1.54) is 46.4 Å². The molecule has 0 saturated carbocycles. The molecular weight excluding hydrogens is 355 g/mol. The zero-order valence-electron chi connectivity index (χ0n) is 15.3. The van der Waals surface area contributed by atoms with Crippen LogP contribution in [0.5, 0.6) is 0 Å². The third-order valence-electron chi connectivity index (χ3n) is 5.04. The number of aryl methyl sites for hydroxylation is 3. The van der Waals surface area contributed by atoms with E-state index < -0.39 is 5.82 Å². The molecule has 1 aliphatic carbocycles. The number of rotatable bonds is 2. The van der Waals surface area contributed by atoms with E-state index in [-0.39, 0.29) is 5.02 Å². The molecule has 0 aliphatic heterocycles. The van der Waals surface area contributed by atoms with Crippen molar-refractivity contribution in [2.45, 2.75) is 32.6 Å². The van der Waals surface area contributed by atoms with Crippen LogP contribution in [0.3, 0.4) is 0 Å². The molecule has 3 aromatic rings. The summed E-state index contributed by atoms with van der Waals surface area (Å²) in [7, 11) is 0. The van der Waals surface area contributed by atoms with E-state index in [1.807, 2.05) is 6.07 Å². The van der Waals surface area contributed by atoms with Gasteiger partial charge < -0.3 is 0 Å². The van der Waals surface area contributed by atoms with E-state index in [2.05, 4.69) is 49.1 Å². The fourth-order valence-electron chi connectivity index (χ4n) is 3.69. The van der Waals surface area contributed by atoms with Crippen LogP contribution in [0.25, 0.3) is 11.1 Å². The molecule has 0 aromatic heterocycles. The lowest BCUT2D eigenvalue weighted by atomic mass is 9.84. The summed E-state index contributed by atoms with van der Waals surface area (Å²) in [5, 5.41) is 0.120. The Bertz CT molecular complexity index is 1070. The smallest absolute Gasteiger partial charge is 0.143 e. The maximum absolute atomic E-state index is 13.5. The molecule has 3 aromatic carbocycles. The van der Waals surface area contributed by atoms with Gasteiger partial charge in [0, 0.05) is 11.1 Å². The number of hydrogen-bond donors (Lipinski definition) is 0. The Morgan fingerprint density at radius 3 is 2.19 bits per heavy atom. The lowest BCUT2D eigenvalue weighted by Gasteiger charge is -2.21. The number of benzene rings is 3. The van der Waals surface area contributed by atoms with Crippen LogP contribution in [0, 0.1) is 17.7 Å². The van der Waals surface area contributed by atoms with Gasteiger partial charge in [0.1, 0.15) is 5.82 Å². The van der Waals surface area contributed by atoms with Gasteiger partial charge in [-0.25, -0.2) is 4.39 Å². The molecule has 0 heterocycles. The highest BCUT2D eigenvalue weighted by molar-refractivity contribution is 6.30. The van der Waals surface area contributed by atoms with Gasteiger partial charge in [0.05, 0.1) is 5.02 Å². The summed E-state index contributed by atoms with van der Waals surface area (Å²) in [5.74, 6) is 5.74. The summed E-state index contributed by atoms with van der Waals surface area (Å²) in [5.41, 5.74) is 8.44. The quantitative estimate of drug-likeness (QED) is 0.443. The third-order valence-corrected chi connectivity index (χ3v) is 5.34. The van der Waals surface area contributed by atoms with Crippen LogP contribution < -0.4 is 0 Å². The summed E-state index contributed by atoms with van der Waals surface area (Å²) in [6.45, 7) is 2.22. The molecule has 0 N–H and O–H groups in total. The Morgan fingerprint density at radius 1 is 0.852 bits per heavy atom. The zero-order chi connectivity index (χ0) is 18.8. The van der Waals surface area contributed by atoms with Crippen LogP contribution in [0.1, 0.15) is 41.2 Å². The van der Waals surface area contributed by atoms with Crippen molar-refractivity contribution in [3.05, 3.63) is 93.3 Å². The second-order valence-corrected chi connectivity index (χ2v) is 7.40. The van der Waals surface area contributed by atoms with Crippen molar-refractivity contribution in [3.8, 4) is 23.0 Å². The molecule has 0 saturated heterocycles. The predicted octanol–water partition coefficient (Wildman–Crippen LogP) is 6.60. The standard InChI is InChI=1S/C25H20ClF/c1-2-3-17-6-11-22-20(14-17)9-10-21-15-18(7-12-23(21)22)4-5-19-8-13-24(26)25(27)16-19/h6-8,11-16H,2-3,9-10H2,1H3. The first kappa shape index (κ1) is 17.8. The largest absolute Gasteiger partial charge is 0.205 e. The average Bonchev–Trinajstić information content (AvgIpc) is 2.68. The minimum atomic E-state index is -0.437. The van der Waals surface area contributed by atoms with Crippen molar-refractivity contribution in [2.75, 3.05) is 0 Å². The van der Waals surface area contributed by atoms with Gasteiger partial charge in [-0.15, -0.1) is 0 Å². The van der Waals surface area contributed by atoms with Gasteiger partial charge in [0.25, 0.3) is 0 Å². The van der Waals surface area contributed by atoms with Crippen molar-refractivity contribution >= 4 is 11.6 Å². The van der Waals surface area contributed by atoms with E-state index in [0.717, 1.165) is 24.8 Å². The number of fused-ring (bicyclic) bond motifs is 3. The molecule has 0 radical (unpaired) electrons. The van der Waals surface area contributed by atoms with Crippen LogP contribution in [0.2, 0.25) is 5.02 Å². The van der Waals surface area contributed by atoms with Crippen molar-refractivity contribution in [3.63, 3.8) is 0 Å². The van der Waals surface area contributed by atoms with E-state index >= 15 is 0 Å². The maximum atomic E-state index is 13.5. The van der Waals surface area contributed by atoms with Gasteiger partial charge in [-0.05, 0) is 77.4 Å². The molecule has 1 aliphatic rings. The normalized spacial score (nSPS) is 12.0. The molecule has 0 spiro atoms. The Balaban J connectivity index is 1.64. The summed E-state index contributed by atoms with van der Waals surface area (Å²) < 4.78 is 13.5. The fraction of sp³-hybridized carbons (Fsp3) is 0.200. The van der Waals surface area contributed by atoms with Gasteiger partial charge in [-0.3, -0.25) is 0 Å². The van der Waals surface area contributed by atoms with Crippen LogP contribution in [-0.4, -0.2) is 0 Å². The van der Waals surface area contributed by atoms with Crippen LogP contribution in [0.4, 0.5) is 4.39 Å². The molecule has 0 fully saturated rings. The molecule has 2 heteroatoms. The fourth-order valence-corrected chi connectivity index (χ4v) is 3.81. The molecule has 134 valence electrons. The Morgan fingerprint density at radius 2 is 1.48 bits per heavy atom. The summed E-state index contributed by atoms with van der Waals surface area (Å²) in [6, 6.07) is 17.9. The van der Waals surface area contributed by atoms with Gasteiger partial charge in [0.2, 0.25) is 0 Å². The Kier molecular flexibility index (Phi) is 5.01. The average molecular weight is 375 g/mol. The predicted molar refractivity (Wildman–Crippen MR) is 111 cm³/mol. The number of halogens is 2. The number of hydrogen-bond acceptors (Lipinski definition) is 0. The Hall–Kier alpha value is -2.56. The molecule has 0 bridgehead atoms. The molecule has 27 heavy (non-hydrogen) atoms. The minimum absolute atomic E-state index is 0.120. The van der Waals surface area contributed by atoms with E-state index in [9.17, 15) is 4.39 Å². The summed E-state index contributed by atoms with van der Waals surface area (Å²) in [6.07, 6.45) is 4.41. The highest BCUT2D eigenvalue weighted by Gasteiger charge is 2.16. The minimum Gasteiger partial charge on any atom is -0.205 e. The molecule has 0 unspecified atom stereocenters. The van der Waals surface area contributed by atoms with Crippen LogP contribution >= 0.6 is 11.6 Å². The van der Waals surface area contributed by atoms with Crippen LogP contribution in [-0.2, 0) is 19.3 Å². The van der Waals surface area contributed by atoms with E-state index in [1.54, 1.807) is 6.07 Å². The monoisotopic (exact) mass is 374 g/mol.